The average molecular weight is 343 g/mol. The molecule has 1 heterocycles. The third-order valence-electron chi connectivity index (χ3n) is 3.05. The number of nitrogens with one attached hydrogen (secondary N) is 1. The molecule has 5 heteroatoms. The molecule has 1 N–H and O–H groups in total. The summed E-state index contributed by atoms with van der Waals surface area (Å²) in [4.78, 5) is 0. The number of halogens is 2. The van der Waals surface area contributed by atoms with Crippen LogP contribution in [0, 0.1) is 0 Å². The molecular weight excluding hydrogens is 326 g/mol. The maximum absolute atomic E-state index is 6.31. The Morgan fingerprint density at radius 2 is 2.16 bits per heavy atom. The van der Waals surface area contributed by atoms with Crippen molar-refractivity contribution in [2.45, 2.75) is 25.9 Å². The molecule has 0 amide bonds. The van der Waals surface area contributed by atoms with Crippen LogP contribution in [0.3, 0.4) is 0 Å². The molecule has 1 aromatic heterocycles. The molecule has 3 nitrogen and oxygen atoms in total. The third-order valence-corrected chi connectivity index (χ3v) is 4.00. The Bertz CT molecular complexity index is 553. The van der Waals surface area contributed by atoms with E-state index in [1.54, 1.807) is 0 Å². The molecule has 19 heavy (non-hydrogen) atoms. The van der Waals surface area contributed by atoms with Crippen LogP contribution in [0.1, 0.15) is 30.6 Å². The molecular formula is C14H17BrClN3. The molecule has 0 bridgehead atoms. The summed E-state index contributed by atoms with van der Waals surface area (Å²) >= 11 is 9.90. The van der Waals surface area contributed by atoms with Gasteiger partial charge in [0.15, 0.2) is 0 Å². The van der Waals surface area contributed by atoms with Gasteiger partial charge in [-0.15, -0.1) is 0 Å². The molecule has 0 spiro atoms. The minimum Gasteiger partial charge on any atom is -0.308 e. The number of aryl methyl sites for hydroxylation is 1. The molecule has 1 unspecified atom stereocenters. The molecule has 0 aliphatic rings. The molecule has 0 saturated heterocycles. The molecule has 102 valence electrons. The predicted octanol–water partition coefficient (Wildman–Crippen LogP) is 4.02. The SMILES string of the molecule is CCCn1ncc(Br)c1C(NC)c1ccccc1Cl. The first-order valence-corrected chi connectivity index (χ1v) is 7.49. The minimum absolute atomic E-state index is 0.0251. The van der Waals surface area contributed by atoms with Gasteiger partial charge in [-0.3, -0.25) is 4.68 Å². The van der Waals surface area contributed by atoms with Gasteiger partial charge in [0.2, 0.25) is 0 Å². The van der Waals surface area contributed by atoms with Crippen molar-refractivity contribution in [3.05, 3.63) is 51.2 Å². The van der Waals surface area contributed by atoms with Gasteiger partial charge >= 0.3 is 0 Å². The summed E-state index contributed by atoms with van der Waals surface area (Å²) < 4.78 is 3.02. The first kappa shape index (κ1) is 14.6. The molecule has 0 fully saturated rings. The highest BCUT2D eigenvalue weighted by molar-refractivity contribution is 9.10. The number of aromatic nitrogens is 2. The standard InChI is InChI=1S/C14H17BrClN3/c1-3-8-19-14(11(15)9-18-19)13(17-2)10-6-4-5-7-12(10)16/h4-7,9,13,17H,3,8H2,1-2H3. The van der Waals surface area contributed by atoms with Gasteiger partial charge < -0.3 is 5.32 Å². The van der Waals surface area contributed by atoms with Crippen LogP contribution in [0.4, 0.5) is 0 Å². The molecule has 2 aromatic rings. The van der Waals surface area contributed by atoms with Crippen LogP contribution in [0.2, 0.25) is 5.02 Å². The second-order valence-electron chi connectivity index (χ2n) is 4.34. The van der Waals surface area contributed by atoms with Crippen LogP contribution in [0.15, 0.2) is 34.9 Å². The highest BCUT2D eigenvalue weighted by Gasteiger charge is 2.21. The second-order valence-corrected chi connectivity index (χ2v) is 5.61. The van der Waals surface area contributed by atoms with Crippen molar-refractivity contribution in [2.24, 2.45) is 0 Å². The Labute approximate surface area is 127 Å². The first-order valence-electron chi connectivity index (χ1n) is 6.32. The largest absolute Gasteiger partial charge is 0.308 e. The lowest BCUT2D eigenvalue weighted by atomic mass is 10.0. The fraction of sp³-hybridized carbons (Fsp3) is 0.357. The summed E-state index contributed by atoms with van der Waals surface area (Å²) in [5, 5.41) is 8.50. The molecule has 0 aliphatic carbocycles. The van der Waals surface area contributed by atoms with Crippen LogP contribution >= 0.6 is 27.5 Å². The van der Waals surface area contributed by atoms with Crippen molar-refractivity contribution in [2.75, 3.05) is 7.05 Å². The van der Waals surface area contributed by atoms with E-state index in [9.17, 15) is 0 Å². The lowest BCUT2D eigenvalue weighted by Crippen LogP contribution is -2.22. The summed E-state index contributed by atoms with van der Waals surface area (Å²) in [7, 11) is 1.93. The van der Waals surface area contributed by atoms with Crippen molar-refractivity contribution in [1.29, 1.82) is 0 Å². The molecule has 1 aromatic carbocycles. The quantitative estimate of drug-likeness (QED) is 0.889. The Morgan fingerprint density at radius 3 is 2.79 bits per heavy atom. The smallest absolute Gasteiger partial charge is 0.0771 e. The van der Waals surface area contributed by atoms with E-state index in [1.807, 2.05) is 42.2 Å². The lowest BCUT2D eigenvalue weighted by Gasteiger charge is -2.20. The van der Waals surface area contributed by atoms with Gasteiger partial charge in [-0.25, -0.2) is 0 Å². The molecule has 0 aliphatic heterocycles. The highest BCUT2D eigenvalue weighted by Crippen LogP contribution is 2.32. The van der Waals surface area contributed by atoms with Gasteiger partial charge in [0.25, 0.3) is 0 Å². The minimum atomic E-state index is 0.0251. The van der Waals surface area contributed by atoms with Crippen molar-refractivity contribution in [3.63, 3.8) is 0 Å². The van der Waals surface area contributed by atoms with E-state index in [4.69, 9.17) is 11.6 Å². The average Bonchev–Trinajstić information content (AvgIpc) is 2.75. The number of hydrogen-bond donors (Lipinski definition) is 1. The Kier molecular flexibility index (Phi) is 5.02. The zero-order valence-corrected chi connectivity index (χ0v) is 13.4. The van der Waals surface area contributed by atoms with Gasteiger partial charge in [-0.05, 0) is 41.0 Å². The Balaban J connectivity index is 2.48. The van der Waals surface area contributed by atoms with Crippen molar-refractivity contribution in [3.8, 4) is 0 Å². The summed E-state index contributed by atoms with van der Waals surface area (Å²) in [6, 6.07) is 7.92. The van der Waals surface area contributed by atoms with E-state index < -0.39 is 0 Å². The zero-order chi connectivity index (χ0) is 13.8. The predicted molar refractivity (Wildman–Crippen MR) is 82.6 cm³/mol. The van der Waals surface area contributed by atoms with Crippen LogP contribution in [0.5, 0.6) is 0 Å². The number of rotatable bonds is 5. The van der Waals surface area contributed by atoms with Crippen molar-refractivity contribution >= 4 is 27.5 Å². The Hall–Kier alpha value is -0.840. The topological polar surface area (TPSA) is 29.9 Å². The van der Waals surface area contributed by atoms with Crippen LogP contribution in [-0.4, -0.2) is 16.8 Å². The van der Waals surface area contributed by atoms with Crippen molar-refractivity contribution < 1.29 is 0 Å². The maximum atomic E-state index is 6.31. The van der Waals surface area contributed by atoms with Gasteiger partial charge in [0.1, 0.15) is 0 Å². The Morgan fingerprint density at radius 1 is 1.42 bits per heavy atom. The molecule has 0 radical (unpaired) electrons. The van der Waals surface area contributed by atoms with Crippen LogP contribution in [-0.2, 0) is 6.54 Å². The number of nitrogens with zero attached hydrogens (tertiary/aromatic N) is 2. The number of benzene rings is 1. The van der Waals surface area contributed by atoms with Crippen LogP contribution < -0.4 is 5.32 Å². The molecule has 2 rings (SSSR count). The van der Waals surface area contributed by atoms with E-state index in [0.717, 1.165) is 33.7 Å². The van der Waals surface area contributed by atoms with Gasteiger partial charge in [0.05, 0.1) is 22.4 Å². The van der Waals surface area contributed by atoms with E-state index >= 15 is 0 Å². The normalized spacial score (nSPS) is 12.6. The van der Waals surface area contributed by atoms with Gasteiger partial charge in [-0.2, -0.15) is 5.10 Å². The van der Waals surface area contributed by atoms with Crippen molar-refractivity contribution in [1.82, 2.24) is 15.1 Å². The van der Waals surface area contributed by atoms with Crippen LogP contribution in [0.25, 0.3) is 0 Å². The summed E-state index contributed by atoms with van der Waals surface area (Å²) in [5.41, 5.74) is 2.17. The monoisotopic (exact) mass is 341 g/mol. The van der Waals surface area contributed by atoms with E-state index in [-0.39, 0.29) is 6.04 Å². The summed E-state index contributed by atoms with van der Waals surface area (Å²) in [6.45, 7) is 3.03. The van der Waals surface area contributed by atoms with E-state index in [0.29, 0.717) is 0 Å². The maximum Gasteiger partial charge on any atom is 0.0771 e. The van der Waals surface area contributed by atoms with E-state index in [2.05, 4.69) is 33.3 Å². The summed E-state index contributed by atoms with van der Waals surface area (Å²) in [6.07, 6.45) is 2.88. The fourth-order valence-corrected chi connectivity index (χ4v) is 2.97. The van der Waals surface area contributed by atoms with Gasteiger partial charge in [0, 0.05) is 11.6 Å². The second kappa shape index (κ2) is 6.55. The molecule has 0 saturated carbocycles. The first-order chi connectivity index (χ1) is 9.19. The summed E-state index contributed by atoms with van der Waals surface area (Å²) in [5.74, 6) is 0. The molecule has 1 atom stereocenters. The number of hydrogen-bond acceptors (Lipinski definition) is 2. The van der Waals surface area contributed by atoms with Gasteiger partial charge in [-0.1, -0.05) is 36.7 Å². The fourth-order valence-electron chi connectivity index (χ4n) is 2.20. The highest BCUT2D eigenvalue weighted by atomic mass is 79.9. The zero-order valence-electron chi connectivity index (χ0n) is 11.0. The third kappa shape index (κ3) is 3.02. The van der Waals surface area contributed by atoms with E-state index in [1.165, 1.54) is 0 Å². The lowest BCUT2D eigenvalue weighted by molar-refractivity contribution is 0.533.